The van der Waals surface area contributed by atoms with E-state index in [0.717, 1.165) is 12.1 Å². The molecule has 1 aromatic heterocycles. The monoisotopic (exact) mass is 247 g/mol. The maximum absolute atomic E-state index is 4.41. The third-order valence-electron chi connectivity index (χ3n) is 1.66. The second-order valence-corrected chi connectivity index (χ2v) is 5.56. The van der Waals surface area contributed by atoms with Crippen LogP contribution in [0.1, 0.15) is 30.5 Å². The standard InChI is InChI=1S/C9H14BrNS/c1-7(10)4-3-5-9-11-8(2)6-12-9/h6-7H,3-5H2,1-2H3. The van der Waals surface area contributed by atoms with Crippen molar-refractivity contribution in [2.24, 2.45) is 0 Å². The number of aromatic nitrogens is 1. The molecule has 0 radical (unpaired) electrons. The lowest BCUT2D eigenvalue weighted by atomic mass is 10.2. The number of halogens is 1. The van der Waals surface area contributed by atoms with E-state index in [1.54, 1.807) is 11.3 Å². The molecular weight excluding hydrogens is 234 g/mol. The first-order chi connectivity index (χ1) is 5.68. The maximum atomic E-state index is 4.41. The summed E-state index contributed by atoms with van der Waals surface area (Å²) in [4.78, 5) is 5.05. The van der Waals surface area contributed by atoms with Crippen molar-refractivity contribution in [1.82, 2.24) is 4.98 Å². The van der Waals surface area contributed by atoms with E-state index in [0.29, 0.717) is 4.83 Å². The first-order valence-corrected chi connectivity index (χ1v) is 6.03. The van der Waals surface area contributed by atoms with Crippen LogP contribution in [0.2, 0.25) is 0 Å². The molecule has 0 aliphatic rings. The Labute approximate surface area is 86.3 Å². The van der Waals surface area contributed by atoms with Gasteiger partial charge >= 0.3 is 0 Å². The van der Waals surface area contributed by atoms with Gasteiger partial charge in [0.25, 0.3) is 0 Å². The molecule has 0 saturated carbocycles. The number of thiazole rings is 1. The lowest BCUT2D eigenvalue weighted by Gasteiger charge is -1.99. The Hall–Kier alpha value is 0.110. The van der Waals surface area contributed by atoms with Crippen LogP contribution in [0, 0.1) is 6.92 Å². The number of aryl methyl sites for hydroxylation is 2. The fourth-order valence-corrected chi connectivity index (χ4v) is 2.19. The van der Waals surface area contributed by atoms with Crippen molar-refractivity contribution in [3.63, 3.8) is 0 Å². The van der Waals surface area contributed by atoms with Crippen molar-refractivity contribution in [3.8, 4) is 0 Å². The zero-order valence-corrected chi connectivity index (χ0v) is 9.91. The van der Waals surface area contributed by atoms with Gasteiger partial charge in [-0.15, -0.1) is 11.3 Å². The predicted octanol–water partition coefficient (Wildman–Crippen LogP) is 3.56. The quantitative estimate of drug-likeness (QED) is 0.742. The molecule has 1 heterocycles. The summed E-state index contributed by atoms with van der Waals surface area (Å²) in [6, 6.07) is 0. The Morgan fingerprint density at radius 1 is 1.67 bits per heavy atom. The van der Waals surface area contributed by atoms with Gasteiger partial charge in [0.15, 0.2) is 0 Å². The van der Waals surface area contributed by atoms with Gasteiger partial charge < -0.3 is 0 Å². The Morgan fingerprint density at radius 3 is 2.92 bits per heavy atom. The van der Waals surface area contributed by atoms with E-state index in [-0.39, 0.29) is 0 Å². The van der Waals surface area contributed by atoms with Crippen LogP contribution < -0.4 is 0 Å². The second-order valence-electron chi connectivity index (χ2n) is 3.06. The molecule has 3 heteroatoms. The van der Waals surface area contributed by atoms with Crippen LogP contribution in [-0.2, 0) is 6.42 Å². The van der Waals surface area contributed by atoms with Crippen molar-refractivity contribution in [1.29, 1.82) is 0 Å². The summed E-state index contributed by atoms with van der Waals surface area (Å²) < 4.78 is 0. The van der Waals surface area contributed by atoms with Gasteiger partial charge in [0, 0.05) is 15.9 Å². The normalized spacial score (nSPS) is 13.2. The topological polar surface area (TPSA) is 12.9 Å². The van der Waals surface area contributed by atoms with Gasteiger partial charge in [-0.3, -0.25) is 0 Å². The van der Waals surface area contributed by atoms with Gasteiger partial charge in [-0.2, -0.15) is 0 Å². The molecule has 0 bridgehead atoms. The molecular formula is C9H14BrNS. The highest BCUT2D eigenvalue weighted by atomic mass is 79.9. The zero-order chi connectivity index (χ0) is 8.97. The van der Waals surface area contributed by atoms with Crippen LogP contribution >= 0.6 is 27.3 Å². The SMILES string of the molecule is Cc1csc(CCCC(C)Br)n1. The minimum atomic E-state index is 0.638. The Bertz CT molecular complexity index is 232. The largest absolute Gasteiger partial charge is 0.247 e. The summed E-state index contributed by atoms with van der Waals surface area (Å²) in [6.07, 6.45) is 3.60. The van der Waals surface area contributed by atoms with Crippen molar-refractivity contribution in [2.45, 2.75) is 37.9 Å². The number of alkyl halides is 1. The van der Waals surface area contributed by atoms with Crippen molar-refractivity contribution in [3.05, 3.63) is 16.1 Å². The average molecular weight is 248 g/mol. The number of rotatable bonds is 4. The minimum Gasteiger partial charge on any atom is -0.247 e. The highest BCUT2D eigenvalue weighted by Crippen LogP contribution is 2.14. The summed E-state index contributed by atoms with van der Waals surface area (Å²) in [5, 5.41) is 3.40. The Balaban J connectivity index is 2.24. The van der Waals surface area contributed by atoms with Gasteiger partial charge in [0.05, 0.1) is 5.01 Å². The highest BCUT2D eigenvalue weighted by Gasteiger charge is 2.00. The average Bonchev–Trinajstić information content (AvgIpc) is 2.35. The molecule has 0 N–H and O–H groups in total. The molecule has 1 unspecified atom stereocenters. The number of nitrogens with zero attached hydrogens (tertiary/aromatic N) is 1. The molecule has 1 aromatic rings. The summed E-state index contributed by atoms with van der Waals surface area (Å²) in [7, 11) is 0. The van der Waals surface area contributed by atoms with Crippen molar-refractivity contribution >= 4 is 27.3 Å². The molecule has 0 amide bonds. The van der Waals surface area contributed by atoms with Crippen LogP contribution in [0.25, 0.3) is 0 Å². The van der Waals surface area contributed by atoms with E-state index >= 15 is 0 Å². The predicted molar refractivity (Wildman–Crippen MR) is 58.2 cm³/mol. The molecule has 0 aliphatic heterocycles. The first kappa shape index (κ1) is 10.2. The second kappa shape index (κ2) is 4.97. The fraction of sp³-hybridized carbons (Fsp3) is 0.667. The minimum absolute atomic E-state index is 0.638. The van der Waals surface area contributed by atoms with Gasteiger partial charge in [-0.1, -0.05) is 22.9 Å². The summed E-state index contributed by atoms with van der Waals surface area (Å²) in [6.45, 7) is 4.24. The number of hydrogen-bond donors (Lipinski definition) is 0. The Kier molecular flexibility index (Phi) is 4.22. The molecule has 0 spiro atoms. The van der Waals surface area contributed by atoms with Gasteiger partial charge in [0.1, 0.15) is 0 Å². The molecule has 1 nitrogen and oxygen atoms in total. The van der Waals surface area contributed by atoms with E-state index in [1.807, 2.05) is 6.92 Å². The van der Waals surface area contributed by atoms with E-state index in [1.165, 1.54) is 17.8 Å². The molecule has 1 atom stereocenters. The van der Waals surface area contributed by atoms with E-state index in [9.17, 15) is 0 Å². The molecule has 12 heavy (non-hydrogen) atoms. The van der Waals surface area contributed by atoms with E-state index < -0.39 is 0 Å². The molecule has 0 aromatic carbocycles. The summed E-state index contributed by atoms with van der Waals surface area (Å²) >= 11 is 5.31. The summed E-state index contributed by atoms with van der Waals surface area (Å²) in [5.74, 6) is 0. The molecule has 0 saturated heterocycles. The third-order valence-corrected chi connectivity index (χ3v) is 3.14. The Morgan fingerprint density at radius 2 is 2.42 bits per heavy atom. The molecule has 0 fully saturated rings. The van der Waals surface area contributed by atoms with Crippen molar-refractivity contribution in [2.75, 3.05) is 0 Å². The van der Waals surface area contributed by atoms with Crippen LogP contribution in [0.4, 0.5) is 0 Å². The third kappa shape index (κ3) is 3.68. The van der Waals surface area contributed by atoms with E-state index in [2.05, 4.69) is 33.2 Å². The lowest BCUT2D eigenvalue weighted by Crippen LogP contribution is -1.92. The smallest absolute Gasteiger partial charge is 0.0928 e. The maximum Gasteiger partial charge on any atom is 0.0928 e. The van der Waals surface area contributed by atoms with Crippen molar-refractivity contribution < 1.29 is 0 Å². The van der Waals surface area contributed by atoms with Crippen LogP contribution in [0.15, 0.2) is 5.38 Å². The van der Waals surface area contributed by atoms with Crippen LogP contribution in [0.3, 0.4) is 0 Å². The van der Waals surface area contributed by atoms with Gasteiger partial charge in [-0.25, -0.2) is 4.98 Å². The number of hydrogen-bond acceptors (Lipinski definition) is 2. The van der Waals surface area contributed by atoms with Crippen LogP contribution in [0.5, 0.6) is 0 Å². The highest BCUT2D eigenvalue weighted by molar-refractivity contribution is 9.09. The van der Waals surface area contributed by atoms with E-state index in [4.69, 9.17) is 0 Å². The van der Waals surface area contributed by atoms with Gasteiger partial charge in [-0.05, 0) is 26.2 Å². The van der Waals surface area contributed by atoms with Crippen LogP contribution in [-0.4, -0.2) is 9.81 Å². The summed E-state index contributed by atoms with van der Waals surface area (Å²) in [5.41, 5.74) is 1.15. The molecule has 68 valence electrons. The zero-order valence-electron chi connectivity index (χ0n) is 7.51. The molecule has 1 rings (SSSR count). The first-order valence-electron chi connectivity index (χ1n) is 4.23. The fourth-order valence-electron chi connectivity index (χ4n) is 1.05. The van der Waals surface area contributed by atoms with Gasteiger partial charge in [0.2, 0.25) is 0 Å². The lowest BCUT2D eigenvalue weighted by molar-refractivity contribution is 0.732. The molecule has 0 aliphatic carbocycles.